The molecule has 0 saturated carbocycles. The number of morpholine rings is 1. The number of anilines is 1. The topological polar surface area (TPSA) is 74.8 Å². The summed E-state index contributed by atoms with van der Waals surface area (Å²) in [5.74, 6) is -1.13. The molecule has 0 radical (unpaired) electrons. The van der Waals surface area contributed by atoms with Crippen LogP contribution in [-0.2, 0) is 27.3 Å². The Hall–Kier alpha value is -1.51. The van der Waals surface area contributed by atoms with Crippen LogP contribution in [0.1, 0.15) is 10.6 Å². The van der Waals surface area contributed by atoms with E-state index < -0.39 is 11.8 Å². The molecule has 1 aromatic heterocycles. The summed E-state index contributed by atoms with van der Waals surface area (Å²) in [5, 5.41) is 3.14. The Morgan fingerprint density at radius 3 is 2.81 bits per heavy atom. The molecule has 3 rings (SSSR count). The van der Waals surface area contributed by atoms with Gasteiger partial charge in [-0.2, -0.15) is 0 Å². The van der Waals surface area contributed by atoms with Crippen molar-refractivity contribution in [2.24, 2.45) is 0 Å². The van der Waals surface area contributed by atoms with Crippen molar-refractivity contribution in [3.63, 3.8) is 0 Å². The Morgan fingerprint density at radius 1 is 1.29 bits per heavy atom. The number of rotatable bonds is 1. The number of nitrogens with zero attached hydrogens (tertiary/aromatic N) is 3. The van der Waals surface area contributed by atoms with Gasteiger partial charge < -0.3 is 14.5 Å². The van der Waals surface area contributed by atoms with E-state index in [1.165, 1.54) is 16.2 Å². The maximum Gasteiger partial charge on any atom is 0.315 e. The van der Waals surface area contributed by atoms with Gasteiger partial charge in [0, 0.05) is 37.5 Å². The van der Waals surface area contributed by atoms with Crippen LogP contribution in [-0.4, -0.2) is 66.5 Å². The molecule has 1 saturated heterocycles. The lowest BCUT2D eigenvalue weighted by Crippen LogP contribution is -2.45. The molecule has 1 fully saturated rings. The maximum atomic E-state index is 12.0. The first-order valence-corrected chi connectivity index (χ1v) is 7.80. The Balaban J connectivity index is 1.63. The quantitative estimate of drug-likeness (QED) is 0.735. The highest BCUT2D eigenvalue weighted by Gasteiger charge is 2.25. The molecule has 7 nitrogen and oxygen atoms in total. The lowest BCUT2D eigenvalue weighted by molar-refractivity contribution is -0.145. The number of likely N-dealkylation sites (N-methyl/N-ethyl adjacent to an activating group) is 1. The van der Waals surface area contributed by atoms with Gasteiger partial charge in [0.1, 0.15) is 0 Å². The first-order valence-electron chi connectivity index (χ1n) is 6.98. The van der Waals surface area contributed by atoms with Gasteiger partial charge >= 0.3 is 11.8 Å². The fourth-order valence-corrected chi connectivity index (χ4v) is 3.52. The van der Waals surface area contributed by atoms with Crippen LogP contribution in [0.25, 0.3) is 0 Å². The van der Waals surface area contributed by atoms with E-state index in [1.807, 2.05) is 0 Å². The molecule has 1 aromatic rings. The summed E-state index contributed by atoms with van der Waals surface area (Å²) in [6.07, 6.45) is 0.885. The minimum Gasteiger partial charge on any atom is -0.378 e. The van der Waals surface area contributed by atoms with E-state index in [4.69, 9.17) is 4.74 Å². The van der Waals surface area contributed by atoms with Crippen molar-refractivity contribution in [3.05, 3.63) is 10.6 Å². The summed E-state index contributed by atoms with van der Waals surface area (Å²) in [4.78, 5) is 33.3. The van der Waals surface area contributed by atoms with Crippen molar-refractivity contribution in [2.75, 3.05) is 45.2 Å². The molecule has 3 heterocycles. The lowest BCUT2D eigenvalue weighted by atomic mass is 10.2. The number of nitrogens with one attached hydrogen (secondary N) is 1. The predicted molar refractivity (Wildman–Crippen MR) is 78.2 cm³/mol. The molecule has 0 atom stereocenters. The molecular weight excluding hydrogens is 292 g/mol. The van der Waals surface area contributed by atoms with Crippen molar-refractivity contribution < 1.29 is 14.3 Å². The molecule has 0 spiro atoms. The SMILES string of the molecule is CN1CCc2nc(NC(=O)C(=O)N3CCOCC3)sc2C1. The highest BCUT2D eigenvalue weighted by molar-refractivity contribution is 7.16. The van der Waals surface area contributed by atoms with Gasteiger partial charge in [-0.1, -0.05) is 0 Å². The smallest absolute Gasteiger partial charge is 0.315 e. The minimum absolute atomic E-state index is 0.464. The van der Waals surface area contributed by atoms with Gasteiger partial charge in [0.2, 0.25) is 0 Å². The van der Waals surface area contributed by atoms with Gasteiger partial charge in [0.15, 0.2) is 5.13 Å². The first kappa shape index (κ1) is 14.4. The summed E-state index contributed by atoms with van der Waals surface area (Å²) >= 11 is 1.45. The van der Waals surface area contributed by atoms with E-state index >= 15 is 0 Å². The zero-order chi connectivity index (χ0) is 14.8. The Kier molecular flexibility index (Phi) is 4.18. The lowest BCUT2D eigenvalue weighted by Gasteiger charge is -2.25. The summed E-state index contributed by atoms with van der Waals surface area (Å²) in [6, 6.07) is 0. The fourth-order valence-electron chi connectivity index (χ4n) is 2.44. The molecular formula is C13H18N4O3S. The monoisotopic (exact) mass is 310 g/mol. The van der Waals surface area contributed by atoms with E-state index in [0.29, 0.717) is 31.4 Å². The minimum atomic E-state index is -0.614. The largest absolute Gasteiger partial charge is 0.378 e. The molecule has 2 aliphatic heterocycles. The molecule has 2 amide bonds. The van der Waals surface area contributed by atoms with Crippen molar-refractivity contribution in [3.8, 4) is 0 Å². The van der Waals surface area contributed by atoms with Crippen molar-refractivity contribution in [1.82, 2.24) is 14.8 Å². The van der Waals surface area contributed by atoms with Crippen LogP contribution in [0.2, 0.25) is 0 Å². The zero-order valence-corrected chi connectivity index (χ0v) is 12.7. The third-order valence-electron chi connectivity index (χ3n) is 3.64. The highest BCUT2D eigenvalue weighted by Crippen LogP contribution is 2.27. The van der Waals surface area contributed by atoms with Crippen molar-refractivity contribution in [1.29, 1.82) is 0 Å². The van der Waals surface area contributed by atoms with Gasteiger partial charge in [0.25, 0.3) is 0 Å². The molecule has 8 heteroatoms. The van der Waals surface area contributed by atoms with Gasteiger partial charge in [-0.25, -0.2) is 4.98 Å². The molecule has 0 bridgehead atoms. The highest BCUT2D eigenvalue weighted by atomic mass is 32.1. The number of thiazole rings is 1. The third kappa shape index (κ3) is 3.22. The van der Waals surface area contributed by atoms with Crippen molar-refractivity contribution in [2.45, 2.75) is 13.0 Å². The average molecular weight is 310 g/mol. The third-order valence-corrected chi connectivity index (χ3v) is 4.63. The number of carbonyl (C=O) groups excluding carboxylic acids is 2. The molecule has 0 unspecified atom stereocenters. The summed E-state index contributed by atoms with van der Waals surface area (Å²) in [6.45, 7) is 3.71. The number of amides is 2. The predicted octanol–water partition coefficient (Wildman–Crippen LogP) is -0.0717. The van der Waals surface area contributed by atoms with Crippen LogP contribution in [0.3, 0.4) is 0 Å². The molecule has 2 aliphatic rings. The average Bonchev–Trinajstić information content (AvgIpc) is 2.88. The van der Waals surface area contributed by atoms with Gasteiger partial charge in [-0.05, 0) is 7.05 Å². The van der Waals surface area contributed by atoms with Gasteiger partial charge in [0.05, 0.1) is 18.9 Å². The number of hydrogen-bond donors (Lipinski definition) is 1. The second-order valence-corrected chi connectivity index (χ2v) is 6.32. The first-order chi connectivity index (χ1) is 10.1. The van der Waals surface area contributed by atoms with Crippen LogP contribution in [0.15, 0.2) is 0 Å². The fraction of sp³-hybridized carbons (Fsp3) is 0.615. The van der Waals surface area contributed by atoms with E-state index in [2.05, 4.69) is 22.2 Å². The van der Waals surface area contributed by atoms with Crippen LogP contribution >= 0.6 is 11.3 Å². The molecule has 1 N–H and O–H groups in total. The summed E-state index contributed by atoms with van der Waals surface area (Å²) in [5.41, 5.74) is 1.03. The van der Waals surface area contributed by atoms with Crippen LogP contribution in [0.4, 0.5) is 5.13 Å². The number of carbonyl (C=O) groups is 2. The summed E-state index contributed by atoms with van der Waals surface area (Å²) < 4.78 is 5.17. The van der Waals surface area contributed by atoms with Crippen LogP contribution < -0.4 is 5.32 Å². The number of hydrogen-bond acceptors (Lipinski definition) is 6. The van der Waals surface area contributed by atoms with E-state index in [1.54, 1.807) is 0 Å². The molecule has 21 heavy (non-hydrogen) atoms. The molecule has 114 valence electrons. The van der Waals surface area contributed by atoms with E-state index in [-0.39, 0.29) is 0 Å². The van der Waals surface area contributed by atoms with Gasteiger partial charge in [-0.3, -0.25) is 14.9 Å². The van der Waals surface area contributed by atoms with Crippen LogP contribution in [0, 0.1) is 0 Å². The molecule has 0 aliphatic carbocycles. The Morgan fingerprint density at radius 2 is 2.05 bits per heavy atom. The van der Waals surface area contributed by atoms with E-state index in [0.717, 1.165) is 30.1 Å². The van der Waals surface area contributed by atoms with Gasteiger partial charge in [-0.15, -0.1) is 11.3 Å². The number of fused-ring (bicyclic) bond motifs is 1. The number of ether oxygens (including phenoxy) is 1. The zero-order valence-electron chi connectivity index (χ0n) is 11.9. The maximum absolute atomic E-state index is 12.0. The standard InChI is InChI=1S/C13H18N4O3S/c1-16-3-2-9-10(8-16)21-13(14-9)15-11(18)12(19)17-4-6-20-7-5-17/h2-8H2,1H3,(H,14,15,18). The van der Waals surface area contributed by atoms with Crippen LogP contribution in [0.5, 0.6) is 0 Å². The molecule has 0 aromatic carbocycles. The van der Waals surface area contributed by atoms with E-state index in [9.17, 15) is 9.59 Å². The van der Waals surface area contributed by atoms with Crippen molar-refractivity contribution >= 4 is 28.3 Å². The Bertz CT molecular complexity index is 554. The normalized spacial score (nSPS) is 19.2. The number of aromatic nitrogens is 1. The second kappa shape index (κ2) is 6.08. The Labute approximate surface area is 126 Å². The second-order valence-electron chi connectivity index (χ2n) is 5.24. The summed E-state index contributed by atoms with van der Waals surface area (Å²) in [7, 11) is 2.06.